The third-order valence-electron chi connectivity index (χ3n) is 4.25. The number of nitrogens with one attached hydrogen (secondary N) is 2. The van der Waals surface area contributed by atoms with Crippen LogP contribution in [-0.2, 0) is 11.3 Å². The maximum Gasteiger partial charge on any atom is 0.410 e. The minimum absolute atomic E-state index is 0.230. The number of aromatic nitrogens is 2. The number of aliphatic hydroxyl groups is 1. The second kappa shape index (κ2) is 7.98. The molecule has 0 aliphatic carbocycles. The highest BCUT2D eigenvalue weighted by atomic mass is 16.6. The van der Waals surface area contributed by atoms with Crippen LogP contribution in [0.2, 0.25) is 0 Å². The predicted octanol–water partition coefficient (Wildman–Crippen LogP) is 1.63. The van der Waals surface area contributed by atoms with Gasteiger partial charge in [0.1, 0.15) is 12.8 Å². The van der Waals surface area contributed by atoms with Crippen LogP contribution in [0.5, 0.6) is 0 Å². The van der Waals surface area contributed by atoms with Crippen LogP contribution in [-0.4, -0.2) is 45.9 Å². The number of ether oxygens (including phenoxy) is 1. The van der Waals surface area contributed by atoms with Gasteiger partial charge in [0.25, 0.3) is 0 Å². The summed E-state index contributed by atoms with van der Waals surface area (Å²) < 4.78 is 10.2. The topological polar surface area (TPSA) is 104 Å². The number of hydrogen-bond acceptors (Lipinski definition) is 6. The van der Waals surface area contributed by atoms with Crippen LogP contribution in [0.25, 0.3) is 0 Å². The Hall–Kier alpha value is -2.32. The maximum atomic E-state index is 12.0. The Morgan fingerprint density at radius 3 is 3.04 bits per heavy atom. The van der Waals surface area contributed by atoms with E-state index >= 15 is 0 Å². The summed E-state index contributed by atoms with van der Waals surface area (Å²) in [4.78, 5) is 13.8. The molecule has 3 rings (SSSR count). The summed E-state index contributed by atoms with van der Waals surface area (Å²) in [7, 11) is 0. The Morgan fingerprint density at radius 2 is 2.38 bits per heavy atom. The van der Waals surface area contributed by atoms with E-state index in [1.54, 1.807) is 35.9 Å². The van der Waals surface area contributed by atoms with E-state index in [4.69, 9.17) is 9.15 Å². The lowest BCUT2D eigenvalue weighted by Gasteiger charge is -2.31. The fourth-order valence-electron chi connectivity index (χ4n) is 2.74. The lowest BCUT2D eigenvalue weighted by atomic mass is 9.97. The molecule has 0 aromatic carbocycles. The van der Waals surface area contributed by atoms with Crippen molar-refractivity contribution in [2.45, 2.75) is 25.7 Å². The molecule has 8 heteroatoms. The highest BCUT2D eigenvalue weighted by Crippen LogP contribution is 2.18. The quantitative estimate of drug-likeness (QED) is 0.694. The average Bonchev–Trinajstić information content (AvgIpc) is 3.31. The van der Waals surface area contributed by atoms with Gasteiger partial charge in [-0.05, 0) is 24.8 Å². The third-order valence-corrected chi connectivity index (χ3v) is 4.25. The van der Waals surface area contributed by atoms with Gasteiger partial charge in [0.15, 0.2) is 0 Å². The Morgan fingerprint density at radius 1 is 1.54 bits per heavy atom. The first-order chi connectivity index (χ1) is 11.7. The Bertz CT molecular complexity index is 606. The Labute approximate surface area is 139 Å². The fraction of sp³-hybridized carbons (Fsp3) is 0.500. The highest BCUT2D eigenvalue weighted by Gasteiger charge is 2.24. The molecule has 1 saturated heterocycles. The van der Waals surface area contributed by atoms with E-state index in [-0.39, 0.29) is 12.7 Å². The molecule has 24 heavy (non-hydrogen) atoms. The molecule has 3 heterocycles. The number of hydrogen-bond donors (Lipinski definition) is 3. The van der Waals surface area contributed by atoms with E-state index in [1.165, 1.54) is 0 Å². The maximum absolute atomic E-state index is 12.0. The fourth-order valence-corrected chi connectivity index (χ4v) is 2.74. The number of carbonyl (C=O) groups excluding carboxylic acids is 1. The predicted molar refractivity (Wildman–Crippen MR) is 84.7 cm³/mol. The van der Waals surface area contributed by atoms with Gasteiger partial charge in [0.2, 0.25) is 0 Å². The second-order valence-electron chi connectivity index (χ2n) is 5.96. The van der Waals surface area contributed by atoms with Crippen molar-refractivity contribution in [3.8, 4) is 0 Å². The molecule has 1 unspecified atom stereocenters. The molecule has 0 spiro atoms. The zero-order valence-electron chi connectivity index (χ0n) is 13.4. The molecule has 1 aliphatic rings. The van der Waals surface area contributed by atoms with E-state index in [1.807, 2.05) is 0 Å². The van der Waals surface area contributed by atoms with Gasteiger partial charge < -0.3 is 19.2 Å². The van der Waals surface area contributed by atoms with Crippen molar-refractivity contribution < 1.29 is 19.1 Å². The molecule has 130 valence electrons. The summed E-state index contributed by atoms with van der Waals surface area (Å²) in [5, 5.41) is 19.6. The van der Waals surface area contributed by atoms with E-state index in [2.05, 4.69) is 15.5 Å². The number of furan rings is 1. The van der Waals surface area contributed by atoms with Gasteiger partial charge in [-0.25, -0.2) is 4.79 Å². The summed E-state index contributed by atoms with van der Waals surface area (Å²) in [6, 6.07) is 1.77. The van der Waals surface area contributed by atoms with Crippen molar-refractivity contribution in [3.05, 3.63) is 42.1 Å². The minimum atomic E-state index is -0.721. The van der Waals surface area contributed by atoms with Gasteiger partial charge >= 0.3 is 6.09 Å². The van der Waals surface area contributed by atoms with Crippen LogP contribution in [0, 0.1) is 5.92 Å². The van der Waals surface area contributed by atoms with E-state index < -0.39 is 6.23 Å². The smallest absolute Gasteiger partial charge is 0.410 e. The van der Waals surface area contributed by atoms with Crippen LogP contribution in [0.1, 0.15) is 30.2 Å². The monoisotopic (exact) mass is 334 g/mol. The molecular formula is C16H22N4O4. The number of H-pyrrole nitrogens is 1. The van der Waals surface area contributed by atoms with Crippen LogP contribution < -0.4 is 5.32 Å². The first-order valence-electron chi connectivity index (χ1n) is 8.05. The molecule has 0 radical (unpaired) electrons. The van der Waals surface area contributed by atoms with Crippen LogP contribution in [0.15, 0.2) is 35.4 Å². The zero-order valence-corrected chi connectivity index (χ0v) is 13.4. The minimum Gasteiger partial charge on any atom is -0.472 e. The standard InChI is InChI=1S/C16H22N4O4/c21-15(14-8-18-19-9-14)17-7-12-1-4-20(5-2-12)16(22)24-11-13-3-6-23-10-13/h3,6,8-10,12,15,17,21H,1-2,4-5,7,11H2,(H,18,19). The number of nitrogens with zero attached hydrogens (tertiary/aromatic N) is 2. The molecule has 1 fully saturated rings. The van der Waals surface area contributed by atoms with Crippen molar-refractivity contribution >= 4 is 6.09 Å². The molecule has 2 aromatic heterocycles. The first-order valence-corrected chi connectivity index (χ1v) is 8.05. The summed E-state index contributed by atoms with van der Waals surface area (Å²) in [5.41, 5.74) is 1.56. The van der Waals surface area contributed by atoms with Crippen molar-refractivity contribution in [2.75, 3.05) is 19.6 Å². The molecule has 1 atom stereocenters. The first kappa shape index (κ1) is 16.5. The molecule has 1 aliphatic heterocycles. The number of amides is 1. The highest BCUT2D eigenvalue weighted by molar-refractivity contribution is 5.67. The largest absolute Gasteiger partial charge is 0.472 e. The summed E-state index contributed by atoms with van der Waals surface area (Å²) in [6.45, 7) is 2.26. The van der Waals surface area contributed by atoms with Crippen LogP contribution in [0.3, 0.4) is 0 Å². The summed E-state index contributed by atoms with van der Waals surface area (Å²) in [6.07, 6.45) is 7.13. The van der Waals surface area contributed by atoms with Gasteiger partial charge in [0.05, 0.1) is 18.7 Å². The summed E-state index contributed by atoms with van der Waals surface area (Å²) >= 11 is 0. The number of likely N-dealkylation sites (tertiary alicyclic amines) is 1. The van der Waals surface area contributed by atoms with Gasteiger partial charge in [-0.3, -0.25) is 10.4 Å². The Kier molecular flexibility index (Phi) is 5.50. The van der Waals surface area contributed by atoms with Gasteiger partial charge in [-0.2, -0.15) is 5.10 Å². The van der Waals surface area contributed by atoms with Crippen molar-refractivity contribution in [1.29, 1.82) is 0 Å². The molecule has 3 N–H and O–H groups in total. The number of carbonyl (C=O) groups is 1. The molecule has 8 nitrogen and oxygen atoms in total. The molecule has 1 amide bonds. The normalized spacial score (nSPS) is 17.0. The Balaban J connectivity index is 1.35. The SMILES string of the molecule is O=C(OCc1ccoc1)N1CCC(CNC(O)c2cn[nH]c2)CC1. The van der Waals surface area contributed by atoms with Crippen molar-refractivity contribution in [1.82, 2.24) is 20.4 Å². The number of aliphatic hydroxyl groups excluding tert-OH is 1. The number of aromatic amines is 1. The van der Waals surface area contributed by atoms with E-state index in [0.717, 1.165) is 24.0 Å². The van der Waals surface area contributed by atoms with Crippen LogP contribution >= 0.6 is 0 Å². The number of piperidine rings is 1. The molecule has 0 bridgehead atoms. The average molecular weight is 334 g/mol. The third kappa shape index (κ3) is 4.36. The van der Waals surface area contributed by atoms with Crippen molar-refractivity contribution in [2.24, 2.45) is 5.92 Å². The molecule has 0 saturated carbocycles. The van der Waals surface area contributed by atoms with Gasteiger partial charge in [-0.15, -0.1) is 0 Å². The molecule has 2 aromatic rings. The van der Waals surface area contributed by atoms with Crippen molar-refractivity contribution in [3.63, 3.8) is 0 Å². The zero-order chi connectivity index (χ0) is 16.8. The van der Waals surface area contributed by atoms with E-state index in [9.17, 15) is 9.90 Å². The summed E-state index contributed by atoms with van der Waals surface area (Å²) in [5.74, 6) is 0.421. The van der Waals surface area contributed by atoms with Gasteiger partial charge in [0, 0.05) is 37.0 Å². The number of rotatable bonds is 6. The van der Waals surface area contributed by atoms with Crippen LogP contribution in [0.4, 0.5) is 4.79 Å². The lowest BCUT2D eigenvalue weighted by Crippen LogP contribution is -2.41. The molecular weight excluding hydrogens is 312 g/mol. The van der Waals surface area contributed by atoms with Gasteiger partial charge in [-0.1, -0.05) is 0 Å². The lowest BCUT2D eigenvalue weighted by molar-refractivity contribution is 0.0777. The second-order valence-corrected chi connectivity index (χ2v) is 5.96. The van der Waals surface area contributed by atoms with E-state index in [0.29, 0.717) is 25.6 Å².